The van der Waals surface area contributed by atoms with Gasteiger partial charge in [-0.3, -0.25) is 0 Å². The summed E-state index contributed by atoms with van der Waals surface area (Å²) in [5.74, 6) is 0.385. The van der Waals surface area contributed by atoms with Crippen molar-refractivity contribution in [1.82, 2.24) is 10.3 Å². The predicted molar refractivity (Wildman–Crippen MR) is 54.6 cm³/mol. The highest BCUT2D eigenvalue weighted by atomic mass is 16.4. The zero-order valence-electron chi connectivity index (χ0n) is 8.27. The smallest absolute Gasteiger partial charge is 0.225 e. The Bertz CT molecular complexity index is 467. The summed E-state index contributed by atoms with van der Waals surface area (Å²) in [6.07, 6.45) is -0.774. The second-order valence-corrected chi connectivity index (χ2v) is 3.28. The van der Waals surface area contributed by atoms with E-state index in [1.165, 1.54) is 12.1 Å². The van der Waals surface area contributed by atoms with Gasteiger partial charge in [0.1, 0.15) is 17.4 Å². The Morgan fingerprint density at radius 1 is 1.53 bits per heavy atom. The highest BCUT2D eigenvalue weighted by Crippen LogP contribution is 2.23. The molecule has 1 aromatic heterocycles. The van der Waals surface area contributed by atoms with Crippen molar-refractivity contribution in [2.24, 2.45) is 0 Å². The predicted octanol–water partition coefficient (Wildman–Crippen LogP) is 0.786. The highest BCUT2D eigenvalue weighted by Gasteiger charge is 2.14. The van der Waals surface area contributed by atoms with E-state index in [0.717, 1.165) is 0 Å². The number of phenols is 1. The topological polar surface area (TPSA) is 78.5 Å². The number of rotatable bonds is 3. The number of hydrogen-bond donors (Lipinski definition) is 3. The molecule has 15 heavy (non-hydrogen) atoms. The number of oxazole rings is 1. The molecule has 2 rings (SSSR count). The van der Waals surface area contributed by atoms with Crippen LogP contribution >= 0.6 is 0 Å². The fraction of sp³-hybridized carbons (Fsp3) is 0.300. The van der Waals surface area contributed by atoms with Gasteiger partial charge in [-0.1, -0.05) is 0 Å². The minimum Gasteiger partial charge on any atom is -0.508 e. The largest absolute Gasteiger partial charge is 0.508 e. The van der Waals surface area contributed by atoms with Gasteiger partial charge in [0.25, 0.3) is 0 Å². The molecule has 0 aliphatic rings. The number of benzene rings is 1. The summed E-state index contributed by atoms with van der Waals surface area (Å²) in [4.78, 5) is 4.08. The Morgan fingerprint density at radius 3 is 3.07 bits per heavy atom. The van der Waals surface area contributed by atoms with E-state index in [4.69, 9.17) is 4.42 Å². The SMILES string of the molecule is CNCC(O)c1nc2cc(O)ccc2o1. The number of hydrogen-bond acceptors (Lipinski definition) is 5. The number of likely N-dealkylation sites (N-methyl/N-ethyl adjacent to an activating group) is 1. The van der Waals surface area contributed by atoms with E-state index in [0.29, 0.717) is 17.6 Å². The van der Waals surface area contributed by atoms with E-state index < -0.39 is 6.10 Å². The number of phenolic OH excluding ortho intramolecular Hbond substituents is 1. The highest BCUT2D eigenvalue weighted by molar-refractivity contribution is 5.74. The summed E-state index contributed by atoms with van der Waals surface area (Å²) < 4.78 is 5.33. The van der Waals surface area contributed by atoms with Gasteiger partial charge in [-0.05, 0) is 19.2 Å². The maximum atomic E-state index is 9.61. The molecule has 5 nitrogen and oxygen atoms in total. The molecule has 0 saturated carbocycles. The summed E-state index contributed by atoms with van der Waals surface area (Å²) >= 11 is 0. The normalized spacial score (nSPS) is 13.2. The Morgan fingerprint density at radius 2 is 2.33 bits per heavy atom. The molecule has 0 aliphatic carbocycles. The standard InChI is InChI=1S/C10H12N2O3/c1-11-5-8(14)10-12-7-4-6(13)2-3-9(7)15-10/h2-4,8,11,13-14H,5H2,1H3. The van der Waals surface area contributed by atoms with Crippen molar-refractivity contribution in [2.45, 2.75) is 6.10 Å². The molecule has 0 amide bonds. The molecule has 2 aromatic rings. The Balaban J connectivity index is 2.38. The van der Waals surface area contributed by atoms with Gasteiger partial charge in [0.2, 0.25) is 5.89 Å². The Labute approximate surface area is 86.4 Å². The summed E-state index contributed by atoms with van der Waals surface area (Å²) in [6.45, 7) is 0.374. The molecule has 1 atom stereocenters. The van der Waals surface area contributed by atoms with E-state index in [2.05, 4.69) is 10.3 Å². The number of aromatic nitrogens is 1. The third kappa shape index (κ3) is 1.93. The van der Waals surface area contributed by atoms with E-state index in [9.17, 15) is 10.2 Å². The van der Waals surface area contributed by atoms with Gasteiger partial charge < -0.3 is 19.9 Å². The van der Waals surface area contributed by atoms with Crippen LogP contribution in [-0.4, -0.2) is 28.8 Å². The fourth-order valence-electron chi connectivity index (χ4n) is 1.36. The second-order valence-electron chi connectivity index (χ2n) is 3.28. The van der Waals surface area contributed by atoms with Crippen LogP contribution in [0.1, 0.15) is 12.0 Å². The third-order valence-corrected chi connectivity index (χ3v) is 2.07. The molecule has 5 heteroatoms. The average Bonchev–Trinajstić information content (AvgIpc) is 2.60. The van der Waals surface area contributed by atoms with Crippen LogP contribution in [0.4, 0.5) is 0 Å². The molecular formula is C10H12N2O3. The third-order valence-electron chi connectivity index (χ3n) is 2.07. The van der Waals surface area contributed by atoms with Crippen LogP contribution < -0.4 is 5.32 Å². The minimum absolute atomic E-state index is 0.130. The van der Waals surface area contributed by atoms with Gasteiger partial charge in [-0.25, -0.2) is 4.98 Å². The van der Waals surface area contributed by atoms with Crippen LogP contribution in [0.15, 0.2) is 22.6 Å². The lowest BCUT2D eigenvalue weighted by Gasteiger charge is -2.03. The first-order chi connectivity index (χ1) is 7.20. The number of aliphatic hydroxyl groups is 1. The number of aromatic hydroxyl groups is 1. The lowest BCUT2D eigenvalue weighted by atomic mass is 10.3. The Hall–Kier alpha value is -1.59. The molecule has 80 valence electrons. The average molecular weight is 208 g/mol. The van der Waals surface area contributed by atoms with Gasteiger partial charge in [0, 0.05) is 12.6 Å². The molecular weight excluding hydrogens is 196 g/mol. The van der Waals surface area contributed by atoms with Crippen molar-refractivity contribution in [2.75, 3.05) is 13.6 Å². The van der Waals surface area contributed by atoms with E-state index in [1.54, 1.807) is 13.1 Å². The molecule has 1 aromatic carbocycles. The van der Waals surface area contributed by atoms with Crippen LogP contribution in [-0.2, 0) is 0 Å². The van der Waals surface area contributed by atoms with E-state index in [-0.39, 0.29) is 11.6 Å². The molecule has 1 heterocycles. The molecule has 0 bridgehead atoms. The molecule has 0 aliphatic heterocycles. The lowest BCUT2D eigenvalue weighted by Crippen LogP contribution is -2.16. The van der Waals surface area contributed by atoms with Gasteiger partial charge in [-0.15, -0.1) is 0 Å². The first kappa shape index (κ1) is 9.95. The number of nitrogens with zero attached hydrogens (tertiary/aromatic N) is 1. The van der Waals surface area contributed by atoms with Crippen molar-refractivity contribution in [3.05, 3.63) is 24.1 Å². The van der Waals surface area contributed by atoms with Gasteiger partial charge in [0.05, 0.1) is 0 Å². The van der Waals surface area contributed by atoms with Crippen LogP contribution in [0.2, 0.25) is 0 Å². The summed E-state index contributed by atoms with van der Waals surface area (Å²) in [6, 6.07) is 4.63. The molecule has 0 spiro atoms. The van der Waals surface area contributed by atoms with Crippen LogP contribution in [0.3, 0.4) is 0 Å². The van der Waals surface area contributed by atoms with Crippen LogP contribution in [0.5, 0.6) is 5.75 Å². The lowest BCUT2D eigenvalue weighted by molar-refractivity contribution is 0.146. The molecule has 0 saturated heterocycles. The second kappa shape index (κ2) is 3.88. The monoisotopic (exact) mass is 208 g/mol. The van der Waals surface area contributed by atoms with Crippen molar-refractivity contribution in [1.29, 1.82) is 0 Å². The zero-order chi connectivity index (χ0) is 10.8. The van der Waals surface area contributed by atoms with Crippen molar-refractivity contribution >= 4 is 11.1 Å². The molecule has 3 N–H and O–H groups in total. The van der Waals surface area contributed by atoms with Gasteiger partial charge in [0.15, 0.2) is 5.58 Å². The number of aliphatic hydroxyl groups excluding tert-OH is 1. The van der Waals surface area contributed by atoms with Crippen LogP contribution in [0.25, 0.3) is 11.1 Å². The molecule has 0 radical (unpaired) electrons. The quantitative estimate of drug-likeness (QED) is 0.695. The van der Waals surface area contributed by atoms with E-state index in [1.807, 2.05) is 0 Å². The zero-order valence-corrected chi connectivity index (χ0v) is 8.27. The maximum Gasteiger partial charge on any atom is 0.225 e. The summed E-state index contributed by atoms with van der Waals surface area (Å²) in [5.41, 5.74) is 1.10. The molecule has 1 unspecified atom stereocenters. The van der Waals surface area contributed by atoms with Crippen molar-refractivity contribution < 1.29 is 14.6 Å². The maximum absolute atomic E-state index is 9.61. The molecule has 0 fully saturated rings. The van der Waals surface area contributed by atoms with Gasteiger partial charge >= 0.3 is 0 Å². The summed E-state index contributed by atoms with van der Waals surface area (Å²) in [7, 11) is 1.73. The number of nitrogens with one attached hydrogen (secondary N) is 1. The van der Waals surface area contributed by atoms with Gasteiger partial charge in [-0.2, -0.15) is 0 Å². The number of fused-ring (bicyclic) bond motifs is 1. The Kier molecular flexibility index (Phi) is 2.57. The minimum atomic E-state index is -0.774. The van der Waals surface area contributed by atoms with E-state index >= 15 is 0 Å². The first-order valence-corrected chi connectivity index (χ1v) is 4.63. The van der Waals surface area contributed by atoms with Crippen molar-refractivity contribution in [3.8, 4) is 5.75 Å². The first-order valence-electron chi connectivity index (χ1n) is 4.63. The fourth-order valence-corrected chi connectivity index (χ4v) is 1.36. The van der Waals surface area contributed by atoms with Crippen LogP contribution in [0, 0.1) is 0 Å². The summed E-state index contributed by atoms with van der Waals surface area (Å²) in [5, 5.41) is 21.7. The van der Waals surface area contributed by atoms with Crippen molar-refractivity contribution in [3.63, 3.8) is 0 Å².